The minimum Gasteiger partial charge on any atom is -0.481 e. The zero-order valence-corrected chi connectivity index (χ0v) is 8.90. The van der Waals surface area contributed by atoms with E-state index >= 15 is 0 Å². The maximum Gasteiger partial charge on any atom is 0.303 e. The summed E-state index contributed by atoms with van der Waals surface area (Å²) in [7, 11) is 0. The number of rotatable bonds is 3. The molecule has 15 heavy (non-hydrogen) atoms. The number of hydrogen-bond acceptors (Lipinski definition) is 3. The minimum absolute atomic E-state index is 0.0193. The SMILES string of the molecule is CC1(O)CCCN(C(=O)CCC(=O)O)C1. The molecule has 1 rings (SSSR count). The van der Waals surface area contributed by atoms with E-state index in [4.69, 9.17) is 5.11 Å². The molecule has 0 aromatic heterocycles. The van der Waals surface area contributed by atoms with Gasteiger partial charge >= 0.3 is 5.97 Å². The lowest BCUT2D eigenvalue weighted by Crippen LogP contribution is -2.48. The first-order valence-corrected chi connectivity index (χ1v) is 5.13. The van der Waals surface area contributed by atoms with E-state index in [1.54, 1.807) is 11.8 Å². The molecular formula is C10H17NO4. The monoisotopic (exact) mass is 215 g/mol. The van der Waals surface area contributed by atoms with E-state index in [1.165, 1.54) is 0 Å². The quantitative estimate of drug-likeness (QED) is 0.706. The lowest BCUT2D eigenvalue weighted by atomic mass is 9.95. The number of nitrogens with zero attached hydrogens (tertiary/aromatic N) is 1. The largest absolute Gasteiger partial charge is 0.481 e. The van der Waals surface area contributed by atoms with Gasteiger partial charge in [-0.05, 0) is 19.8 Å². The van der Waals surface area contributed by atoms with Crippen molar-refractivity contribution in [1.29, 1.82) is 0 Å². The van der Waals surface area contributed by atoms with Gasteiger partial charge in [0, 0.05) is 19.5 Å². The van der Waals surface area contributed by atoms with Crippen LogP contribution < -0.4 is 0 Å². The van der Waals surface area contributed by atoms with Crippen LogP contribution in [0.3, 0.4) is 0 Å². The Hall–Kier alpha value is -1.10. The van der Waals surface area contributed by atoms with Crippen LogP contribution in [0.2, 0.25) is 0 Å². The number of aliphatic hydroxyl groups is 1. The van der Waals surface area contributed by atoms with Gasteiger partial charge in [0.25, 0.3) is 0 Å². The van der Waals surface area contributed by atoms with Gasteiger partial charge < -0.3 is 15.1 Å². The second-order valence-corrected chi connectivity index (χ2v) is 4.31. The summed E-state index contributed by atoms with van der Waals surface area (Å²) >= 11 is 0. The molecule has 1 unspecified atom stereocenters. The number of carboxylic acid groups (broad SMARTS) is 1. The molecule has 0 radical (unpaired) electrons. The van der Waals surface area contributed by atoms with Crippen molar-refractivity contribution in [2.24, 2.45) is 0 Å². The summed E-state index contributed by atoms with van der Waals surface area (Å²) < 4.78 is 0. The molecule has 1 amide bonds. The van der Waals surface area contributed by atoms with Crippen molar-refractivity contribution >= 4 is 11.9 Å². The van der Waals surface area contributed by atoms with Gasteiger partial charge in [-0.2, -0.15) is 0 Å². The Bertz CT molecular complexity index is 262. The van der Waals surface area contributed by atoms with Crippen molar-refractivity contribution in [3.05, 3.63) is 0 Å². The number of amides is 1. The van der Waals surface area contributed by atoms with E-state index in [1.807, 2.05) is 0 Å². The van der Waals surface area contributed by atoms with Gasteiger partial charge in [0.2, 0.25) is 5.91 Å². The van der Waals surface area contributed by atoms with E-state index in [-0.39, 0.29) is 18.7 Å². The third kappa shape index (κ3) is 3.87. The maximum absolute atomic E-state index is 11.5. The molecule has 1 atom stereocenters. The Morgan fingerprint density at radius 2 is 2.07 bits per heavy atom. The molecule has 0 spiro atoms. The molecule has 1 aliphatic heterocycles. The molecule has 1 heterocycles. The Labute approximate surface area is 88.7 Å². The molecule has 1 fully saturated rings. The smallest absolute Gasteiger partial charge is 0.303 e. The highest BCUT2D eigenvalue weighted by molar-refractivity contribution is 5.80. The number of carboxylic acids is 1. The van der Waals surface area contributed by atoms with Crippen LogP contribution in [-0.2, 0) is 9.59 Å². The van der Waals surface area contributed by atoms with Gasteiger partial charge in [-0.1, -0.05) is 0 Å². The molecule has 0 bridgehead atoms. The van der Waals surface area contributed by atoms with Gasteiger partial charge in [0.15, 0.2) is 0 Å². The van der Waals surface area contributed by atoms with Gasteiger partial charge in [-0.3, -0.25) is 9.59 Å². The average molecular weight is 215 g/mol. The molecule has 0 aromatic carbocycles. The Morgan fingerprint density at radius 3 is 2.60 bits per heavy atom. The normalized spacial score (nSPS) is 26.4. The predicted octanol–water partition coefficient (Wildman–Crippen LogP) is 0.225. The van der Waals surface area contributed by atoms with E-state index in [0.29, 0.717) is 19.5 Å². The number of carbonyl (C=O) groups is 2. The Morgan fingerprint density at radius 1 is 1.40 bits per heavy atom. The number of likely N-dealkylation sites (tertiary alicyclic amines) is 1. The van der Waals surface area contributed by atoms with Crippen LogP contribution in [0.15, 0.2) is 0 Å². The van der Waals surface area contributed by atoms with Crippen LogP contribution in [0.5, 0.6) is 0 Å². The van der Waals surface area contributed by atoms with Crippen molar-refractivity contribution in [1.82, 2.24) is 4.90 Å². The topological polar surface area (TPSA) is 77.8 Å². The fourth-order valence-corrected chi connectivity index (χ4v) is 1.80. The lowest BCUT2D eigenvalue weighted by molar-refractivity contribution is -0.143. The van der Waals surface area contributed by atoms with Crippen LogP contribution in [0.25, 0.3) is 0 Å². The molecular weight excluding hydrogens is 198 g/mol. The fraction of sp³-hybridized carbons (Fsp3) is 0.800. The number of piperidine rings is 1. The number of carbonyl (C=O) groups excluding carboxylic acids is 1. The third-order valence-electron chi connectivity index (χ3n) is 2.58. The summed E-state index contributed by atoms with van der Waals surface area (Å²) in [5, 5.41) is 18.2. The summed E-state index contributed by atoms with van der Waals surface area (Å²) in [6.07, 6.45) is 1.34. The molecule has 0 saturated carbocycles. The van der Waals surface area contributed by atoms with Crippen molar-refractivity contribution in [3.63, 3.8) is 0 Å². The highest BCUT2D eigenvalue weighted by Gasteiger charge is 2.30. The van der Waals surface area contributed by atoms with Crippen molar-refractivity contribution in [2.45, 2.75) is 38.2 Å². The Kier molecular flexibility index (Phi) is 3.68. The molecule has 0 aromatic rings. The lowest BCUT2D eigenvalue weighted by Gasteiger charge is -2.36. The molecule has 5 heteroatoms. The van der Waals surface area contributed by atoms with Gasteiger partial charge in [0.1, 0.15) is 0 Å². The van der Waals surface area contributed by atoms with Gasteiger partial charge in [0.05, 0.1) is 12.0 Å². The first-order valence-electron chi connectivity index (χ1n) is 5.13. The van der Waals surface area contributed by atoms with E-state index in [0.717, 1.165) is 6.42 Å². The molecule has 86 valence electrons. The third-order valence-corrected chi connectivity index (χ3v) is 2.58. The second-order valence-electron chi connectivity index (χ2n) is 4.31. The van der Waals surface area contributed by atoms with Crippen LogP contribution in [0, 0.1) is 0 Å². The predicted molar refractivity (Wildman–Crippen MR) is 53.3 cm³/mol. The van der Waals surface area contributed by atoms with Crippen molar-refractivity contribution in [2.75, 3.05) is 13.1 Å². The van der Waals surface area contributed by atoms with Gasteiger partial charge in [-0.25, -0.2) is 0 Å². The highest BCUT2D eigenvalue weighted by Crippen LogP contribution is 2.20. The first-order chi connectivity index (χ1) is 6.91. The fourth-order valence-electron chi connectivity index (χ4n) is 1.80. The molecule has 2 N–H and O–H groups in total. The molecule has 1 saturated heterocycles. The summed E-state index contributed by atoms with van der Waals surface area (Å²) in [5.41, 5.74) is -0.822. The number of β-amino-alcohol motifs (C(OH)–C–C–N with tert-alkyl or cyclic N) is 1. The molecule has 5 nitrogen and oxygen atoms in total. The average Bonchev–Trinajstić information content (AvgIpc) is 2.12. The van der Waals surface area contributed by atoms with E-state index in [2.05, 4.69) is 0 Å². The standard InChI is InChI=1S/C10H17NO4/c1-10(15)5-2-6-11(7-10)8(12)3-4-9(13)14/h15H,2-7H2,1H3,(H,13,14). The first kappa shape index (κ1) is 12.0. The zero-order chi connectivity index (χ0) is 11.5. The van der Waals surface area contributed by atoms with Crippen molar-refractivity contribution < 1.29 is 19.8 Å². The van der Waals surface area contributed by atoms with Crippen molar-refractivity contribution in [3.8, 4) is 0 Å². The van der Waals surface area contributed by atoms with E-state index in [9.17, 15) is 14.7 Å². The zero-order valence-electron chi connectivity index (χ0n) is 8.90. The van der Waals surface area contributed by atoms with Crippen LogP contribution in [-0.4, -0.2) is 45.7 Å². The number of aliphatic carboxylic acids is 1. The molecule has 0 aliphatic carbocycles. The minimum atomic E-state index is -0.966. The summed E-state index contributed by atoms with van der Waals surface area (Å²) in [6, 6.07) is 0. The van der Waals surface area contributed by atoms with Gasteiger partial charge in [-0.15, -0.1) is 0 Å². The summed E-state index contributed by atoms with van der Waals surface area (Å²) in [5.74, 6) is -1.15. The van der Waals surface area contributed by atoms with E-state index < -0.39 is 11.6 Å². The number of hydrogen-bond donors (Lipinski definition) is 2. The van der Waals surface area contributed by atoms with Crippen LogP contribution >= 0.6 is 0 Å². The maximum atomic E-state index is 11.5. The Balaban J connectivity index is 2.42. The second kappa shape index (κ2) is 4.61. The van der Waals surface area contributed by atoms with Crippen LogP contribution in [0.1, 0.15) is 32.6 Å². The summed E-state index contributed by atoms with van der Waals surface area (Å²) in [6.45, 7) is 2.63. The molecule has 1 aliphatic rings. The summed E-state index contributed by atoms with van der Waals surface area (Å²) in [4.78, 5) is 23.4. The highest BCUT2D eigenvalue weighted by atomic mass is 16.4. The van der Waals surface area contributed by atoms with Crippen LogP contribution in [0.4, 0.5) is 0 Å².